The van der Waals surface area contributed by atoms with Crippen LogP contribution in [0.1, 0.15) is 51.1 Å². The molecule has 0 amide bonds. The fourth-order valence-electron chi connectivity index (χ4n) is 2.87. The van der Waals surface area contributed by atoms with Crippen LogP contribution in [0.15, 0.2) is 6.20 Å². The van der Waals surface area contributed by atoms with Gasteiger partial charge >= 0.3 is 0 Å². The number of aliphatic hydroxyl groups is 1. The highest BCUT2D eigenvalue weighted by Gasteiger charge is 2.18. The van der Waals surface area contributed by atoms with Crippen molar-refractivity contribution in [3.63, 3.8) is 0 Å². The van der Waals surface area contributed by atoms with Crippen LogP contribution < -0.4 is 5.32 Å². The molecule has 1 aromatic rings. The van der Waals surface area contributed by atoms with E-state index in [1.54, 1.807) is 4.68 Å². The molecule has 2 rings (SSSR count). The van der Waals surface area contributed by atoms with Crippen molar-refractivity contribution in [3.8, 4) is 0 Å². The smallest absolute Gasteiger partial charge is 0.0964 e. The quantitative estimate of drug-likeness (QED) is 0.770. The molecule has 1 heterocycles. The van der Waals surface area contributed by atoms with Crippen LogP contribution in [0.2, 0.25) is 0 Å². The van der Waals surface area contributed by atoms with Gasteiger partial charge in [-0.15, -0.1) is 5.10 Å². The molecule has 0 radical (unpaired) electrons. The molecular formula is C14H26N4O. The predicted octanol–water partition coefficient (Wildman–Crippen LogP) is 1.72. The summed E-state index contributed by atoms with van der Waals surface area (Å²) in [6, 6.07) is 0.543. The summed E-state index contributed by atoms with van der Waals surface area (Å²) < 4.78 is 1.69. The lowest BCUT2D eigenvalue weighted by molar-refractivity contribution is 0.268. The Labute approximate surface area is 115 Å². The second kappa shape index (κ2) is 7.60. The molecule has 1 fully saturated rings. The Hall–Kier alpha value is -0.940. The lowest BCUT2D eigenvalue weighted by atomic mass is 9.93. The van der Waals surface area contributed by atoms with Gasteiger partial charge in [0.1, 0.15) is 0 Å². The van der Waals surface area contributed by atoms with Gasteiger partial charge in [0.25, 0.3) is 0 Å². The van der Waals surface area contributed by atoms with Crippen LogP contribution in [0, 0.1) is 5.92 Å². The Morgan fingerprint density at radius 1 is 1.37 bits per heavy atom. The first-order valence-corrected chi connectivity index (χ1v) is 7.53. The zero-order valence-corrected chi connectivity index (χ0v) is 11.9. The number of hydrogen-bond donors (Lipinski definition) is 2. The van der Waals surface area contributed by atoms with E-state index in [0.717, 1.165) is 18.2 Å². The molecule has 5 heteroatoms. The standard InChI is InChI=1S/C14H26N4O/c1-12(13-6-4-2-3-5-7-13)15-10-14-11-18(8-9-19)17-16-14/h11-13,15,19H,2-10H2,1H3/t12-/m0/s1. The van der Waals surface area contributed by atoms with E-state index >= 15 is 0 Å². The molecule has 1 atom stereocenters. The number of hydrogen-bond acceptors (Lipinski definition) is 4. The summed E-state index contributed by atoms with van der Waals surface area (Å²) in [5, 5.41) is 20.5. The van der Waals surface area contributed by atoms with Gasteiger partial charge in [-0.25, -0.2) is 4.68 Å². The maximum absolute atomic E-state index is 8.84. The molecule has 1 aliphatic rings. The van der Waals surface area contributed by atoms with Crippen molar-refractivity contribution in [2.24, 2.45) is 5.92 Å². The molecule has 0 unspecified atom stereocenters. The SMILES string of the molecule is C[C@H](NCc1cn(CCO)nn1)C1CCCCCC1. The van der Waals surface area contributed by atoms with Gasteiger partial charge in [0, 0.05) is 18.8 Å². The van der Waals surface area contributed by atoms with Crippen molar-refractivity contribution in [1.29, 1.82) is 0 Å². The van der Waals surface area contributed by atoms with Crippen LogP contribution in [0.3, 0.4) is 0 Å². The van der Waals surface area contributed by atoms with Crippen LogP contribution in [-0.4, -0.2) is 32.7 Å². The largest absolute Gasteiger partial charge is 0.394 e. The highest BCUT2D eigenvalue weighted by Crippen LogP contribution is 2.25. The van der Waals surface area contributed by atoms with E-state index in [-0.39, 0.29) is 6.61 Å². The third kappa shape index (κ3) is 4.58. The Morgan fingerprint density at radius 3 is 2.79 bits per heavy atom. The van der Waals surface area contributed by atoms with E-state index in [4.69, 9.17) is 5.11 Å². The number of rotatable bonds is 6. The van der Waals surface area contributed by atoms with Crippen LogP contribution in [0.25, 0.3) is 0 Å². The van der Waals surface area contributed by atoms with Crippen LogP contribution in [0.5, 0.6) is 0 Å². The molecular weight excluding hydrogens is 240 g/mol. The second-order valence-electron chi connectivity index (χ2n) is 5.62. The van der Waals surface area contributed by atoms with Crippen molar-refractivity contribution in [2.75, 3.05) is 6.61 Å². The maximum atomic E-state index is 8.84. The van der Waals surface area contributed by atoms with E-state index < -0.39 is 0 Å². The second-order valence-corrected chi connectivity index (χ2v) is 5.62. The molecule has 1 aliphatic carbocycles. The Balaban J connectivity index is 1.76. The average Bonchev–Trinajstić information content (AvgIpc) is 2.69. The zero-order chi connectivity index (χ0) is 13.5. The van der Waals surface area contributed by atoms with Crippen LogP contribution in [-0.2, 0) is 13.1 Å². The summed E-state index contributed by atoms with van der Waals surface area (Å²) in [4.78, 5) is 0. The van der Waals surface area contributed by atoms with Crippen molar-refractivity contribution >= 4 is 0 Å². The van der Waals surface area contributed by atoms with Gasteiger partial charge in [0.15, 0.2) is 0 Å². The number of nitrogens with zero attached hydrogens (tertiary/aromatic N) is 3. The number of aliphatic hydroxyl groups excluding tert-OH is 1. The van der Waals surface area contributed by atoms with E-state index in [1.807, 2.05) is 6.20 Å². The minimum Gasteiger partial charge on any atom is -0.394 e. The third-order valence-electron chi connectivity index (χ3n) is 4.13. The maximum Gasteiger partial charge on any atom is 0.0964 e. The van der Waals surface area contributed by atoms with E-state index in [1.165, 1.54) is 38.5 Å². The first kappa shape index (κ1) is 14.5. The summed E-state index contributed by atoms with van der Waals surface area (Å²) in [6.07, 6.45) is 10.2. The van der Waals surface area contributed by atoms with Crippen LogP contribution in [0.4, 0.5) is 0 Å². The van der Waals surface area contributed by atoms with Crippen LogP contribution >= 0.6 is 0 Å². The minimum absolute atomic E-state index is 0.106. The molecule has 0 spiro atoms. The molecule has 108 valence electrons. The molecule has 0 bridgehead atoms. The van der Waals surface area contributed by atoms with E-state index in [9.17, 15) is 0 Å². The third-order valence-corrected chi connectivity index (χ3v) is 4.13. The van der Waals surface area contributed by atoms with E-state index in [0.29, 0.717) is 12.6 Å². The van der Waals surface area contributed by atoms with Crippen molar-refractivity contribution < 1.29 is 5.11 Å². The lowest BCUT2D eigenvalue weighted by Gasteiger charge is -2.23. The molecule has 19 heavy (non-hydrogen) atoms. The van der Waals surface area contributed by atoms with Gasteiger partial charge in [0.2, 0.25) is 0 Å². The summed E-state index contributed by atoms with van der Waals surface area (Å²) in [5.41, 5.74) is 0.953. The molecule has 2 N–H and O–H groups in total. The predicted molar refractivity (Wildman–Crippen MR) is 74.6 cm³/mol. The first-order valence-electron chi connectivity index (χ1n) is 7.53. The number of nitrogens with one attached hydrogen (secondary N) is 1. The summed E-state index contributed by atoms with van der Waals surface area (Å²) in [5.74, 6) is 0.801. The lowest BCUT2D eigenvalue weighted by Crippen LogP contribution is -2.33. The molecule has 5 nitrogen and oxygen atoms in total. The zero-order valence-electron chi connectivity index (χ0n) is 11.9. The van der Waals surface area contributed by atoms with Gasteiger partial charge in [-0.1, -0.05) is 30.9 Å². The Bertz CT molecular complexity index is 358. The van der Waals surface area contributed by atoms with Gasteiger partial charge in [-0.05, 0) is 25.7 Å². The highest BCUT2D eigenvalue weighted by molar-refractivity contribution is 4.92. The summed E-state index contributed by atoms with van der Waals surface area (Å²) in [7, 11) is 0. The van der Waals surface area contributed by atoms with Gasteiger partial charge in [0.05, 0.1) is 18.8 Å². The summed E-state index contributed by atoms with van der Waals surface area (Å²) in [6.45, 7) is 3.68. The fourth-order valence-corrected chi connectivity index (χ4v) is 2.87. The monoisotopic (exact) mass is 266 g/mol. The molecule has 0 aromatic carbocycles. The van der Waals surface area contributed by atoms with E-state index in [2.05, 4.69) is 22.6 Å². The molecule has 0 aliphatic heterocycles. The molecule has 1 saturated carbocycles. The normalized spacial score (nSPS) is 19.3. The topological polar surface area (TPSA) is 63.0 Å². The number of aromatic nitrogens is 3. The summed E-state index contributed by atoms with van der Waals surface area (Å²) >= 11 is 0. The Kier molecular flexibility index (Phi) is 5.79. The fraction of sp³-hybridized carbons (Fsp3) is 0.857. The minimum atomic E-state index is 0.106. The van der Waals surface area contributed by atoms with Gasteiger partial charge < -0.3 is 10.4 Å². The first-order chi connectivity index (χ1) is 9.29. The molecule has 1 aromatic heterocycles. The highest BCUT2D eigenvalue weighted by atomic mass is 16.3. The van der Waals surface area contributed by atoms with Gasteiger partial charge in [-0.2, -0.15) is 0 Å². The average molecular weight is 266 g/mol. The van der Waals surface area contributed by atoms with Gasteiger partial charge in [-0.3, -0.25) is 0 Å². The van der Waals surface area contributed by atoms with Crippen molar-refractivity contribution in [2.45, 2.75) is 64.6 Å². The molecule has 0 saturated heterocycles. The van der Waals surface area contributed by atoms with Crippen molar-refractivity contribution in [3.05, 3.63) is 11.9 Å². The van der Waals surface area contributed by atoms with Crippen molar-refractivity contribution in [1.82, 2.24) is 20.3 Å². The Morgan fingerprint density at radius 2 is 2.11 bits per heavy atom.